The molecular weight excluding hydrogens is 278 g/mol. The van der Waals surface area contributed by atoms with Gasteiger partial charge in [0.05, 0.1) is 5.69 Å². The molecule has 2 unspecified atom stereocenters. The van der Waals surface area contributed by atoms with Crippen LogP contribution in [0, 0.1) is 5.92 Å². The van der Waals surface area contributed by atoms with Gasteiger partial charge in [0.1, 0.15) is 0 Å². The number of rotatable bonds is 3. The molecule has 1 aromatic heterocycles. The second kappa shape index (κ2) is 5.94. The van der Waals surface area contributed by atoms with E-state index < -0.39 is 0 Å². The number of hydrogen-bond donors (Lipinski definition) is 1. The molecule has 17 heavy (non-hydrogen) atoms. The number of pyridine rings is 1. The standard InChI is InChI=1S/C13H20BrN3/c1-2-10-8-17(6-5-13(10)15)9-12-4-3-11(14)7-16-12/h3-4,7,10,13H,2,5-6,8-9,15H2,1H3. The second-order valence-corrected chi connectivity index (χ2v) is 5.74. The van der Waals surface area contributed by atoms with Crippen LogP contribution in [0.1, 0.15) is 25.5 Å². The van der Waals surface area contributed by atoms with Crippen molar-refractivity contribution in [2.75, 3.05) is 13.1 Å². The highest BCUT2D eigenvalue weighted by Crippen LogP contribution is 2.20. The predicted octanol–water partition coefficient (Wildman–Crippen LogP) is 2.40. The Morgan fingerprint density at radius 1 is 1.53 bits per heavy atom. The summed E-state index contributed by atoms with van der Waals surface area (Å²) in [5.41, 5.74) is 7.25. The normalized spacial score (nSPS) is 26.1. The number of likely N-dealkylation sites (tertiary alicyclic amines) is 1. The van der Waals surface area contributed by atoms with Gasteiger partial charge in [-0.1, -0.05) is 13.3 Å². The molecule has 0 aliphatic carbocycles. The van der Waals surface area contributed by atoms with Gasteiger partial charge in [-0.05, 0) is 40.4 Å². The molecule has 1 saturated heterocycles. The minimum Gasteiger partial charge on any atom is -0.327 e. The van der Waals surface area contributed by atoms with Crippen LogP contribution in [-0.4, -0.2) is 29.0 Å². The lowest BCUT2D eigenvalue weighted by atomic mass is 9.90. The zero-order valence-corrected chi connectivity index (χ0v) is 11.9. The van der Waals surface area contributed by atoms with Crippen LogP contribution in [-0.2, 0) is 6.54 Å². The summed E-state index contributed by atoms with van der Waals surface area (Å²) in [7, 11) is 0. The van der Waals surface area contributed by atoms with Crippen molar-refractivity contribution in [1.82, 2.24) is 9.88 Å². The van der Waals surface area contributed by atoms with E-state index in [2.05, 4.69) is 44.9 Å². The average Bonchev–Trinajstić information content (AvgIpc) is 2.34. The van der Waals surface area contributed by atoms with Crippen LogP contribution in [0.3, 0.4) is 0 Å². The summed E-state index contributed by atoms with van der Waals surface area (Å²) in [6, 6.07) is 4.52. The van der Waals surface area contributed by atoms with Gasteiger partial charge in [0.25, 0.3) is 0 Å². The van der Waals surface area contributed by atoms with Crippen molar-refractivity contribution in [3.8, 4) is 0 Å². The van der Waals surface area contributed by atoms with Crippen LogP contribution in [0.25, 0.3) is 0 Å². The van der Waals surface area contributed by atoms with Crippen molar-refractivity contribution in [2.45, 2.75) is 32.4 Å². The average molecular weight is 298 g/mol. The molecule has 0 radical (unpaired) electrons. The van der Waals surface area contributed by atoms with Crippen molar-refractivity contribution in [3.05, 3.63) is 28.5 Å². The molecule has 0 saturated carbocycles. The van der Waals surface area contributed by atoms with Gasteiger partial charge in [-0.2, -0.15) is 0 Å². The maximum atomic E-state index is 6.12. The Bertz CT molecular complexity index is 352. The summed E-state index contributed by atoms with van der Waals surface area (Å²) < 4.78 is 1.04. The SMILES string of the molecule is CCC1CN(Cc2ccc(Br)cn2)CCC1N. The number of hydrogen-bond acceptors (Lipinski definition) is 3. The molecule has 3 nitrogen and oxygen atoms in total. The lowest BCUT2D eigenvalue weighted by Crippen LogP contribution is -2.46. The van der Waals surface area contributed by atoms with Crippen LogP contribution < -0.4 is 5.73 Å². The fourth-order valence-corrected chi connectivity index (χ4v) is 2.66. The highest BCUT2D eigenvalue weighted by Gasteiger charge is 2.25. The highest BCUT2D eigenvalue weighted by molar-refractivity contribution is 9.10. The first kappa shape index (κ1) is 13.0. The summed E-state index contributed by atoms with van der Waals surface area (Å²) in [6.07, 6.45) is 4.14. The number of nitrogens with two attached hydrogens (primary N) is 1. The first-order valence-corrected chi connectivity index (χ1v) is 7.06. The zero-order chi connectivity index (χ0) is 12.3. The summed E-state index contributed by atoms with van der Waals surface area (Å²) in [5, 5.41) is 0. The third-order valence-corrected chi connectivity index (χ3v) is 4.04. The van der Waals surface area contributed by atoms with Gasteiger partial charge in [0.2, 0.25) is 0 Å². The lowest BCUT2D eigenvalue weighted by Gasteiger charge is -2.36. The van der Waals surface area contributed by atoms with E-state index in [1.54, 1.807) is 0 Å². The van der Waals surface area contributed by atoms with Crippen LogP contribution in [0.15, 0.2) is 22.8 Å². The second-order valence-electron chi connectivity index (χ2n) is 4.82. The monoisotopic (exact) mass is 297 g/mol. The van der Waals surface area contributed by atoms with Crippen molar-refractivity contribution < 1.29 is 0 Å². The smallest absolute Gasteiger partial charge is 0.0544 e. The van der Waals surface area contributed by atoms with Gasteiger partial charge in [0, 0.05) is 36.3 Å². The fourth-order valence-electron chi connectivity index (χ4n) is 2.43. The summed E-state index contributed by atoms with van der Waals surface area (Å²) >= 11 is 3.41. The quantitative estimate of drug-likeness (QED) is 0.932. The first-order chi connectivity index (χ1) is 8.19. The van der Waals surface area contributed by atoms with E-state index in [0.29, 0.717) is 12.0 Å². The van der Waals surface area contributed by atoms with E-state index in [4.69, 9.17) is 5.73 Å². The van der Waals surface area contributed by atoms with Gasteiger partial charge in [-0.3, -0.25) is 9.88 Å². The minimum atomic E-state index is 0.383. The number of aromatic nitrogens is 1. The van der Waals surface area contributed by atoms with Crippen LogP contribution in [0.4, 0.5) is 0 Å². The van der Waals surface area contributed by atoms with Crippen LogP contribution in [0.2, 0.25) is 0 Å². The predicted molar refractivity (Wildman–Crippen MR) is 73.6 cm³/mol. The van der Waals surface area contributed by atoms with E-state index in [0.717, 1.165) is 36.2 Å². The largest absolute Gasteiger partial charge is 0.327 e. The molecule has 2 rings (SSSR count). The Kier molecular flexibility index (Phi) is 4.54. The summed E-state index contributed by atoms with van der Waals surface area (Å²) in [4.78, 5) is 6.89. The Balaban J connectivity index is 1.93. The Morgan fingerprint density at radius 2 is 2.35 bits per heavy atom. The molecule has 0 amide bonds. The number of nitrogens with zero attached hydrogens (tertiary/aromatic N) is 2. The molecule has 94 valence electrons. The number of halogens is 1. The van der Waals surface area contributed by atoms with Gasteiger partial charge in [0.15, 0.2) is 0 Å². The molecule has 2 atom stereocenters. The third kappa shape index (κ3) is 3.50. The van der Waals surface area contributed by atoms with Gasteiger partial charge in [-0.15, -0.1) is 0 Å². The molecule has 1 aromatic rings. The van der Waals surface area contributed by atoms with E-state index in [1.807, 2.05) is 6.20 Å². The topological polar surface area (TPSA) is 42.2 Å². The molecule has 1 aliphatic rings. The first-order valence-electron chi connectivity index (χ1n) is 6.27. The van der Waals surface area contributed by atoms with Gasteiger partial charge < -0.3 is 5.73 Å². The van der Waals surface area contributed by atoms with Gasteiger partial charge in [-0.25, -0.2) is 0 Å². The maximum Gasteiger partial charge on any atom is 0.0544 e. The molecule has 0 aromatic carbocycles. The Hall–Kier alpha value is -0.450. The Labute approximate surface area is 112 Å². The molecule has 1 aliphatic heterocycles. The van der Waals surface area contributed by atoms with E-state index in [1.165, 1.54) is 6.42 Å². The van der Waals surface area contributed by atoms with E-state index in [9.17, 15) is 0 Å². The number of piperidine rings is 1. The molecule has 0 bridgehead atoms. The molecule has 0 spiro atoms. The lowest BCUT2D eigenvalue weighted by molar-refractivity contribution is 0.144. The molecule has 4 heteroatoms. The maximum absolute atomic E-state index is 6.12. The highest BCUT2D eigenvalue weighted by atomic mass is 79.9. The van der Waals surface area contributed by atoms with Crippen LogP contribution in [0.5, 0.6) is 0 Å². The molecular formula is C13H20BrN3. The Morgan fingerprint density at radius 3 is 3.00 bits per heavy atom. The minimum absolute atomic E-state index is 0.383. The van der Waals surface area contributed by atoms with Crippen molar-refractivity contribution in [3.63, 3.8) is 0 Å². The van der Waals surface area contributed by atoms with Gasteiger partial charge >= 0.3 is 0 Å². The van der Waals surface area contributed by atoms with Crippen LogP contribution >= 0.6 is 15.9 Å². The third-order valence-electron chi connectivity index (χ3n) is 3.58. The zero-order valence-electron chi connectivity index (χ0n) is 10.3. The fraction of sp³-hybridized carbons (Fsp3) is 0.615. The van der Waals surface area contributed by atoms with E-state index >= 15 is 0 Å². The van der Waals surface area contributed by atoms with Crippen molar-refractivity contribution in [1.29, 1.82) is 0 Å². The summed E-state index contributed by atoms with van der Waals surface area (Å²) in [6.45, 7) is 5.37. The molecule has 2 heterocycles. The van der Waals surface area contributed by atoms with Crippen molar-refractivity contribution >= 4 is 15.9 Å². The molecule has 1 fully saturated rings. The summed E-state index contributed by atoms with van der Waals surface area (Å²) in [5.74, 6) is 0.638. The molecule has 2 N–H and O–H groups in total. The van der Waals surface area contributed by atoms with Crippen molar-refractivity contribution in [2.24, 2.45) is 11.7 Å². The van der Waals surface area contributed by atoms with E-state index in [-0.39, 0.29) is 0 Å².